The number of Topliss-reactive ketones (excluding diaryl/α,β-unsaturated/α-hetero) is 1. The largest absolute Gasteiger partial charge is 0.496 e. The Morgan fingerprint density at radius 2 is 2.19 bits per heavy atom. The molecule has 0 fully saturated rings. The van der Waals surface area contributed by atoms with Crippen molar-refractivity contribution in [3.05, 3.63) is 62.7 Å². The van der Waals surface area contributed by atoms with Gasteiger partial charge < -0.3 is 10.1 Å². The van der Waals surface area contributed by atoms with Crippen LogP contribution < -0.4 is 15.6 Å². The highest BCUT2D eigenvalue weighted by molar-refractivity contribution is 5.98. The topological polar surface area (TPSA) is 108 Å². The Balaban J connectivity index is 2.36. The molecule has 0 aliphatic carbocycles. The number of nitriles is 1. The first-order chi connectivity index (χ1) is 12.5. The monoisotopic (exact) mass is 350 g/mol. The van der Waals surface area contributed by atoms with Gasteiger partial charge in [0.1, 0.15) is 5.75 Å². The van der Waals surface area contributed by atoms with E-state index in [2.05, 4.69) is 21.6 Å². The van der Waals surface area contributed by atoms with Crippen LogP contribution in [0.15, 0.2) is 40.5 Å². The number of hydrogen-bond acceptors (Lipinski definition) is 6. The van der Waals surface area contributed by atoms with Crippen LogP contribution in [0.4, 0.5) is 5.69 Å². The minimum Gasteiger partial charge on any atom is -0.496 e. The number of methoxy groups -OCH3 is 1. The molecule has 2 heterocycles. The number of anilines is 1. The van der Waals surface area contributed by atoms with Crippen molar-refractivity contribution >= 4 is 11.5 Å². The van der Waals surface area contributed by atoms with Crippen LogP contribution in [0.5, 0.6) is 5.75 Å². The fourth-order valence-electron chi connectivity index (χ4n) is 3.37. The van der Waals surface area contributed by atoms with Gasteiger partial charge in [0.2, 0.25) is 0 Å². The van der Waals surface area contributed by atoms with Crippen molar-refractivity contribution in [2.24, 2.45) is 0 Å². The number of allylic oxidation sites excluding steroid dienone is 2. The molecule has 0 saturated heterocycles. The molecule has 7 heteroatoms. The van der Waals surface area contributed by atoms with E-state index in [1.54, 1.807) is 18.2 Å². The molecule has 0 bridgehead atoms. The first kappa shape index (κ1) is 17.4. The van der Waals surface area contributed by atoms with Crippen molar-refractivity contribution in [1.82, 2.24) is 10.2 Å². The highest BCUT2D eigenvalue weighted by Gasteiger charge is 2.35. The molecular formula is C19H18N4O3. The molecule has 1 atom stereocenters. The smallest absolute Gasteiger partial charge is 0.270 e. The summed E-state index contributed by atoms with van der Waals surface area (Å²) in [6.45, 7) is 3.42. The van der Waals surface area contributed by atoms with Crippen LogP contribution in [0.2, 0.25) is 0 Å². The van der Waals surface area contributed by atoms with Gasteiger partial charge in [0.05, 0.1) is 42.1 Å². The van der Waals surface area contributed by atoms with Gasteiger partial charge in [-0.05, 0) is 25.5 Å². The fraction of sp³-hybridized carbons (Fsp3) is 0.263. The van der Waals surface area contributed by atoms with Gasteiger partial charge in [-0.15, -0.1) is 0 Å². The summed E-state index contributed by atoms with van der Waals surface area (Å²) < 4.78 is 5.46. The highest BCUT2D eigenvalue weighted by Crippen LogP contribution is 2.43. The van der Waals surface area contributed by atoms with E-state index in [1.807, 2.05) is 6.92 Å². The first-order valence-electron chi connectivity index (χ1n) is 8.18. The average Bonchev–Trinajstić information content (AvgIpc) is 2.65. The van der Waals surface area contributed by atoms with E-state index in [-0.39, 0.29) is 11.3 Å². The molecule has 2 N–H and O–H groups in total. The Labute approximate surface area is 150 Å². The summed E-state index contributed by atoms with van der Waals surface area (Å²) in [5, 5.41) is 18.6. The number of aromatic nitrogens is 2. The molecule has 0 spiro atoms. The number of nitrogens with zero attached hydrogens (tertiary/aromatic N) is 2. The Morgan fingerprint density at radius 3 is 2.81 bits per heavy atom. The van der Waals surface area contributed by atoms with Gasteiger partial charge in [0.15, 0.2) is 5.78 Å². The molecule has 0 amide bonds. The molecule has 132 valence electrons. The second-order valence-corrected chi connectivity index (χ2v) is 5.95. The Hall–Kier alpha value is -3.40. The van der Waals surface area contributed by atoms with E-state index in [0.29, 0.717) is 40.1 Å². The van der Waals surface area contributed by atoms with Crippen molar-refractivity contribution in [3.8, 4) is 11.8 Å². The molecule has 1 aliphatic rings. The summed E-state index contributed by atoms with van der Waals surface area (Å²) in [6, 6.07) is 7.05. The lowest BCUT2D eigenvalue weighted by Gasteiger charge is -2.30. The SMILES string of the molecule is CCC1=C(C(C)=O)C(c2ccc(C#N)cc2OC)c2c(cn[nH]c2=O)N1. The van der Waals surface area contributed by atoms with E-state index in [0.717, 1.165) is 5.70 Å². The number of carbonyl (C=O) groups excluding carboxylic acids is 1. The number of fused-ring (bicyclic) bond motifs is 1. The zero-order valence-corrected chi connectivity index (χ0v) is 14.7. The van der Waals surface area contributed by atoms with E-state index >= 15 is 0 Å². The van der Waals surface area contributed by atoms with Gasteiger partial charge >= 0.3 is 0 Å². The summed E-state index contributed by atoms with van der Waals surface area (Å²) in [5.41, 5.74) is 2.95. The minimum atomic E-state index is -0.604. The van der Waals surface area contributed by atoms with Crippen LogP contribution in [0.1, 0.15) is 42.9 Å². The number of nitrogens with one attached hydrogen (secondary N) is 2. The Morgan fingerprint density at radius 1 is 1.42 bits per heavy atom. The zero-order chi connectivity index (χ0) is 18.8. The maximum Gasteiger partial charge on any atom is 0.270 e. The summed E-state index contributed by atoms with van der Waals surface area (Å²) in [4.78, 5) is 25.0. The predicted octanol–water partition coefficient (Wildman–Crippen LogP) is 2.46. The van der Waals surface area contributed by atoms with Crippen molar-refractivity contribution in [1.29, 1.82) is 5.26 Å². The zero-order valence-electron chi connectivity index (χ0n) is 14.7. The number of H-pyrrole nitrogens is 1. The Kier molecular flexibility index (Phi) is 4.59. The van der Waals surface area contributed by atoms with E-state index in [4.69, 9.17) is 10.00 Å². The lowest BCUT2D eigenvalue weighted by molar-refractivity contribution is -0.113. The number of ether oxygens (including phenoxy) is 1. The molecule has 0 radical (unpaired) electrons. The summed E-state index contributed by atoms with van der Waals surface area (Å²) in [7, 11) is 1.50. The van der Waals surface area contributed by atoms with E-state index < -0.39 is 5.92 Å². The fourth-order valence-corrected chi connectivity index (χ4v) is 3.37. The third-order valence-electron chi connectivity index (χ3n) is 4.49. The molecule has 1 unspecified atom stereocenters. The lowest BCUT2D eigenvalue weighted by atomic mass is 9.79. The van der Waals surface area contributed by atoms with Crippen LogP contribution in [-0.2, 0) is 4.79 Å². The number of aromatic amines is 1. The molecule has 26 heavy (non-hydrogen) atoms. The molecule has 2 aromatic rings. The van der Waals surface area contributed by atoms with Gasteiger partial charge in [-0.3, -0.25) is 9.59 Å². The molecule has 0 saturated carbocycles. The van der Waals surface area contributed by atoms with Gasteiger partial charge in [-0.2, -0.15) is 10.4 Å². The second-order valence-electron chi connectivity index (χ2n) is 5.95. The van der Waals surface area contributed by atoms with Crippen LogP contribution >= 0.6 is 0 Å². The second kappa shape index (κ2) is 6.84. The van der Waals surface area contributed by atoms with Crippen molar-refractivity contribution < 1.29 is 9.53 Å². The third kappa shape index (κ3) is 2.75. The number of rotatable bonds is 4. The molecule has 1 aliphatic heterocycles. The van der Waals surface area contributed by atoms with E-state index in [9.17, 15) is 9.59 Å². The number of benzene rings is 1. The van der Waals surface area contributed by atoms with E-state index in [1.165, 1.54) is 20.2 Å². The van der Waals surface area contributed by atoms with Crippen LogP contribution in [-0.4, -0.2) is 23.1 Å². The quantitative estimate of drug-likeness (QED) is 0.877. The van der Waals surface area contributed by atoms with Crippen LogP contribution in [0.25, 0.3) is 0 Å². The standard InChI is InChI=1S/C19H18N4O3/c1-4-13-16(10(2)24)17(18-14(22-13)9-21-23-19(18)25)12-6-5-11(8-20)7-15(12)26-3/h5-7,9,17,22H,4H2,1-3H3,(H,23,25). The maximum atomic E-state index is 12.5. The summed E-state index contributed by atoms with van der Waals surface area (Å²) >= 11 is 0. The molecule has 1 aromatic heterocycles. The number of carbonyl (C=O) groups is 1. The van der Waals surface area contributed by atoms with Gasteiger partial charge in [-0.25, -0.2) is 5.10 Å². The van der Waals surface area contributed by atoms with Gasteiger partial charge in [-0.1, -0.05) is 13.0 Å². The summed E-state index contributed by atoms with van der Waals surface area (Å²) in [5.74, 6) is -0.284. The van der Waals surface area contributed by atoms with Crippen molar-refractivity contribution in [3.63, 3.8) is 0 Å². The predicted molar refractivity (Wildman–Crippen MR) is 96.0 cm³/mol. The lowest BCUT2D eigenvalue weighted by Crippen LogP contribution is -2.29. The van der Waals surface area contributed by atoms with Gasteiger partial charge in [0.25, 0.3) is 5.56 Å². The maximum absolute atomic E-state index is 12.5. The molecular weight excluding hydrogens is 332 g/mol. The summed E-state index contributed by atoms with van der Waals surface area (Å²) in [6.07, 6.45) is 2.13. The minimum absolute atomic E-state index is 0.132. The van der Waals surface area contributed by atoms with Crippen molar-refractivity contribution in [2.75, 3.05) is 12.4 Å². The normalized spacial score (nSPS) is 15.7. The Bertz CT molecular complexity index is 1010. The number of ketones is 1. The average molecular weight is 350 g/mol. The van der Waals surface area contributed by atoms with Crippen LogP contribution in [0, 0.1) is 11.3 Å². The number of hydrogen-bond donors (Lipinski definition) is 2. The molecule has 1 aromatic carbocycles. The molecule has 3 rings (SSSR count). The van der Waals surface area contributed by atoms with Crippen molar-refractivity contribution in [2.45, 2.75) is 26.2 Å². The van der Waals surface area contributed by atoms with Crippen LogP contribution in [0.3, 0.4) is 0 Å². The molecule has 7 nitrogen and oxygen atoms in total. The first-order valence-corrected chi connectivity index (χ1v) is 8.18. The highest BCUT2D eigenvalue weighted by atomic mass is 16.5. The third-order valence-corrected chi connectivity index (χ3v) is 4.49. The van der Waals surface area contributed by atoms with Gasteiger partial charge in [0, 0.05) is 16.8 Å².